The lowest BCUT2D eigenvalue weighted by Gasteiger charge is -2.08. The number of anilines is 1. The molecule has 0 aliphatic carbocycles. The molecule has 1 rings (SSSR count). The Morgan fingerprint density at radius 1 is 1.39 bits per heavy atom. The summed E-state index contributed by atoms with van der Waals surface area (Å²) in [6, 6.07) is 7.16. The van der Waals surface area contributed by atoms with E-state index in [4.69, 9.17) is 22.0 Å². The normalized spacial score (nSPS) is 9.78. The van der Waals surface area contributed by atoms with Crippen molar-refractivity contribution in [3.8, 4) is 6.07 Å². The Balaban J connectivity index is 2.33. The highest BCUT2D eigenvalue weighted by Crippen LogP contribution is 2.20. The largest absolute Gasteiger partial charge is 0.481 e. The number of halogens is 1. The third-order valence-electron chi connectivity index (χ3n) is 2.48. The van der Waals surface area contributed by atoms with Gasteiger partial charge in [-0.3, -0.25) is 4.79 Å². The van der Waals surface area contributed by atoms with E-state index in [1.807, 2.05) is 0 Å². The van der Waals surface area contributed by atoms with Gasteiger partial charge in [0.05, 0.1) is 11.3 Å². The number of carbonyl (C=O) groups is 1. The van der Waals surface area contributed by atoms with Crippen molar-refractivity contribution in [1.29, 1.82) is 5.26 Å². The van der Waals surface area contributed by atoms with Gasteiger partial charge in [0.25, 0.3) is 0 Å². The molecule has 0 aliphatic heterocycles. The van der Waals surface area contributed by atoms with E-state index >= 15 is 0 Å². The molecule has 2 N–H and O–H groups in total. The summed E-state index contributed by atoms with van der Waals surface area (Å²) >= 11 is 5.86. The van der Waals surface area contributed by atoms with Crippen LogP contribution in [0.2, 0.25) is 5.02 Å². The van der Waals surface area contributed by atoms with Gasteiger partial charge >= 0.3 is 5.97 Å². The molecule has 96 valence electrons. The SMILES string of the molecule is N#Cc1ccc(Cl)cc1NCCCCCC(=O)O. The minimum absolute atomic E-state index is 0.209. The zero-order valence-electron chi connectivity index (χ0n) is 9.95. The predicted octanol–water partition coefficient (Wildman–Crippen LogP) is 3.27. The zero-order chi connectivity index (χ0) is 13.4. The van der Waals surface area contributed by atoms with Gasteiger partial charge in [0.2, 0.25) is 0 Å². The van der Waals surface area contributed by atoms with Crippen molar-refractivity contribution in [2.45, 2.75) is 25.7 Å². The molecule has 0 aromatic heterocycles. The van der Waals surface area contributed by atoms with Gasteiger partial charge in [0.1, 0.15) is 6.07 Å². The van der Waals surface area contributed by atoms with E-state index < -0.39 is 5.97 Å². The maximum atomic E-state index is 10.3. The minimum atomic E-state index is -0.760. The Bertz CT molecular complexity index is 455. The van der Waals surface area contributed by atoms with Crippen molar-refractivity contribution in [2.24, 2.45) is 0 Å². The van der Waals surface area contributed by atoms with Crippen LogP contribution in [0, 0.1) is 11.3 Å². The highest BCUT2D eigenvalue weighted by atomic mass is 35.5. The summed E-state index contributed by atoms with van der Waals surface area (Å²) in [5.74, 6) is -0.760. The molecule has 0 atom stereocenters. The molecular weight excluding hydrogens is 252 g/mol. The number of rotatable bonds is 7. The first-order valence-electron chi connectivity index (χ1n) is 5.79. The van der Waals surface area contributed by atoms with Crippen molar-refractivity contribution in [3.05, 3.63) is 28.8 Å². The molecule has 4 nitrogen and oxygen atoms in total. The number of nitrogens with one attached hydrogen (secondary N) is 1. The van der Waals surface area contributed by atoms with Crippen molar-refractivity contribution < 1.29 is 9.90 Å². The molecule has 0 aliphatic rings. The smallest absolute Gasteiger partial charge is 0.303 e. The fourth-order valence-electron chi connectivity index (χ4n) is 1.56. The van der Waals surface area contributed by atoms with Gasteiger partial charge in [-0.2, -0.15) is 5.26 Å². The number of nitriles is 1. The maximum absolute atomic E-state index is 10.3. The van der Waals surface area contributed by atoms with E-state index in [1.165, 1.54) is 0 Å². The van der Waals surface area contributed by atoms with Crippen molar-refractivity contribution in [2.75, 3.05) is 11.9 Å². The standard InChI is InChI=1S/C13H15ClN2O2/c14-11-6-5-10(9-15)12(8-11)16-7-3-1-2-4-13(17)18/h5-6,8,16H,1-4,7H2,(H,17,18). The van der Waals surface area contributed by atoms with Crippen molar-refractivity contribution in [1.82, 2.24) is 0 Å². The Labute approximate surface area is 111 Å². The number of nitrogens with zero attached hydrogens (tertiary/aromatic N) is 1. The van der Waals surface area contributed by atoms with Gasteiger partial charge in [-0.25, -0.2) is 0 Å². The van der Waals surface area contributed by atoms with Crippen LogP contribution in [0.3, 0.4) is 0 Å². The number of aliphatic carboxylic acids is 1. The van der Waals surface area contributed by atoms with Crippen LogP contribution < -0.4 is 5.32 Å². The van der Waals surface area contributed by atoms with E-state index in [1.54, 1.807) is 18.2 Å². The Morgan fingerprint density at radius 2 is 2.17 bits per heavy atom. The predicted molar refractivity (Wildman–Crippen MR) is 70.8 cm³/mol. The second kappa shape index (κ2) is 7.57. The van der Waals surface area contributed by atoms with Crippen LogP contribution in [0.15, 0.2) is 18.2 Å². The first-order chi connectivity index (χ1) is 8.63. The monoisotopic (exact) mass is 266 g/mol. The number of carboxylic acid groups (broad SMARTS) is 1. The van der Waals surface area contributed by atoms with E-state index in [0.29, 0.717) is 23.6 Å². The van der Waals surface area contributed by atoms with Crippen LogP contribution in [-0.4, -0.2) is 17.6 Å². The fraction of sp³-hybridized carbons (Fsp3) is 0.385. The van der Waals surface area contributed by atoms with E-state index in [-0.39, 0.29) is 6.42 Å². The topological polar surface area (TPSA) is 73.1 Å². The molecule has 18 heavy (non-hydrogen) atoms. The summed E-state index contributed by atoms with van der Waals surface area (Å²) in [6.07, 6.45) is 2.60. The summed E-state index contributed by atoms with van der Waals surface area (Å²) in [6.45, 7) is 0.703. The number of unbranched alkanes of at least 4 members (excludes halogenated alkanes) is 2. The number of carboxylic acids is 1. The number of benzene rings is 1. The highest BCUT2D eigenvalue weighted by molar-refractivity contribution is 6.30. The van der Waals surface area contributed by atoms with Gasteiger partial charge in [-0.1, -0.05) is 18.0 Å². The second-order valence-electron chi connectivity index (χ2n) is 3.93. The van der Waals surface area contributed by atoms with Gasteiger partial charge in [0, 0.05) is 18.0 Å². The van der Waals surface area contributed by atoms with Gasteiger partial charge in [-0.05, 0) is 31.0 Å². The van der Waals surface area contributed by atoms with Crippen LogP contribution in [0.25, 0.3) is 0 Å². The maximum Gasteiger partial charge on any atom is 0.303 e. The quantitative estimate of drug-likeness (QED) is 0.743. The molecule has 0 amide bonds. The molecule has 5 heteroatoms. The first-order valence-corrected chi connectivity index (χ1v) is 6.16. The number of hydrogen-bond acceptors (Lipinski definition) is 3. The lowest BCUT2D eigenvalue weighted by molar-refractivity contribution is -0.137. The van der Waals surface area contributed by atoms with Gasteiger partial charge in [-0.15, -0.1) is 0 Å². The van der Waals surface area contributed by atoms with E-state index in [9.17, 15) is 4.79 Å². The van der Waals surface area contributed by atoms with Crippen LogP contribution in [0.5, 0.6) is 0 Å². The highest BCUT2D eigenvalue weighted by Gasteiger charge is 2.02. The van der Waals surface area contributed by atoms with Crippen LogP contribution in [-0.2, 0) is 4.79 Å². The van der Waals surface area contributed by atoms with Gasteiger partial charge < -0.3 is 10.4 Å². The van der Waals surface area contributed by atoms with Crippen LogP contribution in [0.4, 0.5) is 5.69 Å². The average molecular weight is 267 g/mol. The van der Waals surface area contributed by atoms with E-state index in [0.717, 1.165) is 18.5 Å². The minimum Gasteiger partial charge on any atom is -0.481 e. The first kappa shape index (κ1) is 14.3. The van der Waals surface area contributed by atoms with E-state index in [2.05, 4.69) is 11.4 Å². The Morgan fingerprint density at radius 3 is 2.83 bits per heavy atom. The lowest BCUT2D eigenvalue weighted by Crippen LogP contribution is -2.03. The molecule has 0 spiro atoms. The Kier molecular flexibility index (Phi) is 6.03. The third kappa shape index (κ3) is 5.07. The Hall–Kier alpha value is -1.73. The summed E-state index contributed by atoms with van der Waals surface area (Å²) in [7, 11) is 0. The van der Waals surface area contributed by atoms with Crippen LogP contribution in [0.1, 0.15) is 31.2 Å². The molecule has 0 saturated heterocycles. The summed E-state index contributed by atoms with van der Waals surface area (Å²) < 4.78 is 0. The summed E-state index contributed by atoms with van der Waals surface area (Å²) in [5.41, 5.74) is 1.29. The summed E-state index contributed by atoms with van der Waals surface area (Å²) in [5, 5.41) is 21.1. The molecule has 0 saturated carbocycles. The van der Waals surface area contributed by atoms with Crippen molar-refractivity contribution in [3.63, 3.8) is 0 Å². The summed E-state index contributed by atoms with van der Waals surface area (Å²) in [4.78, 5) is 10.3. The average Bonchev–Trinajstić information content (AvgIpc) is 2.33. The van der Waals surface area contributed by atoms with Gasteiger partial charge in [0.15, 0.2) is 0 Å². The molecule has 0 unspecified atom stereocenters. The molecule has 0 fully saturated rings. The molecular formula is C13H15ClN2O2. The molecule has 1 aromatic rings. The molecule has 1 aromatic carbocycles. The molecule has 0 heterocycles. The molecule has 0 bridgehead atoms. The van der Waals surface area contributed by atoms with Crippen LogP contribution >= 0.6 is 11.6 Å². The number of hydrogen-bond donors (Lipinski definition) is 2. The lowest BCUT2D eigenvalue weighted by atomic mass is 10.1. The van der Waals surface area contributed by atoms with Crippen molar-refractivity contribution >= 4 is 23.3 Å². The second-order valence-corrected chi connectivity index (χ2v) is 4.37. The third-order valence-corrected chi connectivity index (χ3v) is 2.72. The molecule has 0 radical (unpaired) electrons. The zero-order valence-corrected chi connectivity index (χ0v) is 10.7. The fourth-order valence-corrected chi connectivity index (χ4v) is 1.73.